The van der Waals surface area contributed by atoms with Crippen molar-refractivity contribution in [1.29, 1.82) is 0 Å². The van der Waals surface area contributed by atoms with E-state index in [1.807, 2.05) is 18.2 Å². The molecule has 0 spiro atoms. The molecule has 1 saturated heterocycles. The van der Waals surface area contributed by atoms with Gasteiger partial charge in [-0.1, -0.05) is 12.1 Å². The van der Waals surface area contributed by atoms with Gasteiger partial charge in [-0.2, -0.15) is 0 Å². The van der Waals surface area contributed by atoms with Gasteiger partial charge in [0.15, 0.2) is 0 Å². The number of β-amino-alcohol motifs (C(OH)–C–C–N with tert-alkyl or cyclic N) is 1. The molecule has 0 bridgehead atoms. The molecule has 4 nitrogen and oxygen atoms in total. The molecule has 3 rings (SSSR count). The van der Waals surface area contributed by atoms with E-state index >= 15 is 0 Å². The van der Waals surface area contributed by atoms with Crippen molar-refractivity contribution in [3.8, 4) is 0 Å². The Bertz CT molecular complexity index is 592. The molecule has 4 heteroatoms. The zero-order valence-electron chi connectivity index (χ0n) is 11.6. The Morgan fingerprint density at radius 1 is 1.37 bits per heavy atom. The van der Waals surface area contributed by atoms with Crippen LogP contribution in [0.3, 0.4) is 0 Å². The second kappa shape index (κ2) is 4.62. The summed E-state index contributed by atoms with van der Waals surface area (Å²) in [6.07, 6.45) is 1.47. The number of para-hydroxylation sites is 2. The fourth-order valence-corrected chi connectivity index (χ4v) is 3.11. The Balaban J connectivity index is 1.96. The predicted molar refractivity (Wildman–Crippen MR) is 76.2 cm³/mol. The summed E-state index contributed by atoms with van der Waals surface area (Å²) in [7, 11) is 2.06. The summed E-state index contributed by atoms with van der Waals surface area (Å²) in [5, 5.41) is 10.7. The first-order valence-corrected chi connectivity index (χ1v) is 6.96. The average molecular weight is 259 g/mol. The lowest BCUT2D eigenvalue weighted by molar-refractivity contribution is 0.0497. The minimum Gasteiger partial charge on any atom is -0.388 e. The highest BCUT2D eigenvalue weighted by molar-refractivity contribution is 5.75. The van der Waals surface area contributed by atoms with Crippen LogP contribution in [0.5, 0.6) is 0 Å². The lowest BCUT2D eigenvalue weighted by atomic mass is 9.98. The number of imidazole rings is 1. The molecule has 19 heavy (non-hydrogen) atoms. The molecule has 1 aliphatic heterocycles. The number of hydrogen-bond donors (Lipinski definition) is 1. The van der Waals surface area contributed by atoms with Crippen LogP contribution in [0.1, 0.15) is 19.2 Å². The summed E-state index contributed by atoms with van der Waals surface area (Å²) in [5.41, 5.74) is 1.56. The Labute approximate surface area is 113 Å². The van der Waals surface area contributed by atoms with Crippen molar-refractivity contribution >= 4 is 11.0 Å². The number of likely N-dealkylation sites (tertiary alicyclic amines) is 1. The quantitative estimate of drug-likeness (QED) is 0.911. The van der Waals surface area contributed by atoms with Gasteiger partial charge in [-0.05, 0) is 32.5 Å². The Morgan fingerprint density at radius 3 is 2.84 bits per heavy atom. The summed E-state index contributed by atoms with van der Waals surface area (Å²) in [4.78, 5) is 6.88. The molecule has 0 radical (unpaired) electrons. The van der Waals surface area contributed by atoms with Gasteiger partial charge in [-0.25, -0.2) is 4.98 Å². The second-order valence-corrected chi connectivity index (χ2v) is 5.65. The van der Waals surface area contributed by atoms with E-state index < -0.39 is 5.60 Å². The molecule has 102 valence electrons. The fraction of sp³-hybridized carbons (Fsp3) is 0.533. The highest BCUT2D eigenvalue weighted by Crippen LogP contribution is 2.26. The molecule has 1 unspecified atom stereocenters. The maximum atomic E-state index is 10.7. The lowest BCUT2D eigenvalue weighted by Gasteiger charge is -2.22. The van der Waals surface area contributed by atoms with Gasteiger partial charge in [0.1, 0.15) is 5.82 Å². The van der Waals surface area contributed by atoms with Crippen LogP contribution < -0.4 is 0 Å². The molecular weight excluding hydrogens is 238 g/mol. The Hall–Kier alpha value is -1.39. The van der Waals surface area contributed by atoms with E-state index in [0.717, 1.165) is 42.9 Å². The van der Waals surface area contributed by atoms with E-state index in [2.05, 4.69) is 29.5 Å². The molecule has 2 aromatic rings. The number of aryl methyl sites for hydroxylation is 1. The minimum atomic E-state index is -0.622. The number of hydrogen-bond acceptors (Lipinski definition) is 3. The minimum absolute atomic E-state index is 0.622. The molecule has 0 saturated carbocycles. The van der Waals surface area contributed by atoms with Crippen LogP contribution in [-0.4, -0.2) is 45.3 Å². The average Bonchev–Trinajstić information content (AvgIpc) is 2.89. The summed E-state index contributed by atoms with van der Waals surface area (Å²) in [6, 6.07) is 8.19. The highest BCUT2D eigenvalue weighted by Gasteiger charge is 2.35. The topological polar surface area (TPSA) is 41.3 Å². The summed E-state index contributed by atoms with van der Waals surface area (Å²) >= 11 is 0. The number of benzene rings is 1. The van der Waals surface area contributed by atoms with Crippen LogP contribution in [0.4, 0.5) is 0 Å². The summed E-state index contributed by atoms with van der Waals surface area (Å²) in [6.45, 7) is 4.72. The fourth-order valence-electron chi connectivity index (χ4n) is 3.11. The first kappa shape index (κ1) is 12.6. The molecule has 1 aromatic heterocycles. The van der Waals surface area contributed by atoms with E-state index in [1.165, 1.54) is 0 Å². The van der Waals surface area contributed by atoms with E-state index in [4.69, 9.17) is 4.98 Å². The molecule has 1 N–H and O–H groups in total. The number of rotatable bonds is 3. The van der Waals surface area contributed by atoms with Crippen LogP contribution in [0.2, 0.25) is 0 Å². The molecule has 1 aliphatic rings. The zero-order chi connectivity index (χ0) is 13.5. The number of fused-ring (bicyclic) bond motifs is 1. The van der Waals surface area contributed by atoms with Crippen molar-refractivity contribution in [2.45, 2.75) is 31.9 Å². The van der Waals surface area contributed by atoms with Gasteiger partial charge >= 0.3 is 0 Å². The second-order valence-electron chi connectivity index (χ2n) is 5.65. The third kappa shape index (κ3) is 2.26. The third-order valence-electron chi connectivity index (χ3n) is 4.06. The van der Waals surface area contributed by atoms with E-state index in [-0.39, 0.29) is 0 Å². The number of aromatic nitrogens is 2. The molecule has 2 heterocycles. The number of nitrogens with zero attached hydrogens (tertiary/aromatic N) is 3. The normalized spacial score (nSPS) is 24.4. The van der Waals surface area contributed by atoms with Gasteiger partial charge < -0.3 is 14.6 Å². The predicted octanol–water partition coefficient (Wildman–Crippen LogP) is 1.67. The molecule has 1 aromatic carbocycles. The maximum Gasteiger partial charge on any atom is 0.112 e. The van der Waals surface area contributed by atoms with Crippen LogP contribution in [-0.2, 0) is 13.0 Å². The van der Waals surface area contributed by atoms with Crippen LogP contribution in [0.15, 0.2) is 24.3 Å². The Morgan fingerprint density at radius 2 is 2.16 bits per heavy atom. The zero-order valence-corrected chi connectivity index (χ0v) is 11.6. The smallest absolute Gasteiger partial charge is 0.112 e. The first-order chi connectivity index (χ1) is 9.11. The van der Waals surface area contributed by atoms with Crippen molar-refractivity contribution in [3.63, 3.8) is 0 Å². The van der Waals surface area contributed by atoms with Crippen LogP contribution in [0, 0.1) is 0 Å². The molecule has 1 fully saturated rings. The molecule has 1 atom stereocenters. The van der Waals surface area contributed by atoms with Gasteiger partial charge in [-0.15, -0.1) is 0 Å². The van der Waals surface area contributed by atoms with Gasteiger partial charge in [0.05, 0.1) is 16.6 Å². The maximum absolute atomic E-state index is 10.7. The molecular formula is C15H21N3O. The lowest BCUT2D eigenvalue weighted by Crippen LogP contribution is -2.35. The van der Waals surface area contributed by atoms with Gasteiger partial charge in [-0.3, -0.25) is 0 Å². The third-order valence-corrected chi connectivity index (χ3v) is 4.06. The summed E-state index contributed by atoms with van der Waals surface area (Å²) < 4.78 is 2.21. The standard InChI is InChI=1S/C15H21N3O/c1-3-18-13-7-5-4-6-12(13)16-14(18)10-15(19)8-9-17(2)11-15/h4-7,19H,3,8-11H2,1-2H3. The largest absolute Gasteiger partial charge is 0.388 e. The van der Waals surface area contributed by atoms with E-state index in [1.54, 1.807) is 0 Å². The number of likely N-dealkylation sites (N-methyl/N-ethyl adjacent to an activating group) is 1. The summed E-state index contributed by atoms with van der Waals surface area (Å²) in [5.74, 6) is 1.00. The SMILES string of the molecule is CCn1c(CC2(O)CCN(C)C2)nc2ccccc21. The van der Waals surface area contributed by atoms with Gasteiger partial charge in [0.2, 0.25) is 0 Å². The first-order valence-electron chi connectivity index (χ1n) is 6.96. The highest BCUT2D eigenvalue weighted by atomic mass is 16.3. The van der Waals surface area contributed by atoms with E-state index in [0.29, 0.717) is 6.42 Å². The van der Waals surface area contributed by atoms with Crippen molar-refractivity contribution in [2.75, 3.05) is 20.1 Å². The van der Waals surface area contributed by atoms with Crippen LogP contribution in [0.25, 0.3) is 11.0 Å². The van der Waals surface area contributed by atoms with Crippen LogP contribution >= 0.6 is 0 Å². The van der Waals surface area contributed by atoms with E-state index in [9.17, 15) is 5.11 Å². The van der Waals surface area contributed by atoms with Gasteiger partial charge in [0.25, 0.3) is 0 Å². The van der Waals surface area contributed by atoms with Crippen molar-refractivity contribution in [1.82, 2.24) is 14.5 Å². The monoisotopic (exact) mass is 259 g/mol. The molecule has 0 amide bonds. The van der Waals surface area contributed by atoms with Crippen molar-refractivity contribution < 1.29 is 5.11 Å². The number of aliphatic hydroxyl groups is 1. The molecule has 0 aliphatic carbocycles. The van der Waals surface area contributed by atoms with Crippen molar-refractivity contribution in [2.24, 2.45) is 0 Å². The van der Waals surface area contributed by atoms with Gasteiger partial charge in [0, 0.05) is 26.1 Å². The van der Waals surface area contributed by atoms with Crippen molar-refractivity contribution in [3.05, 3.63) is 30.1 Å². The Kier molecular flexibility index (Phi) is 3.07.